The lowest BCUT2D eigenvalue weighted by Crippen LogP contribution is -2.54. The van der Waals surface area contributed by atoms with E-state index < -0.39 is 0 Å². The first-order valence-electron chi connectivity index (χ1n) is 8.65. The van der Waals surface area contributed by atoms with Crippen molar-refractivity contribution in [3.05, 3.63) is 0 Å². The van der Waals surface area contributed by atoms with E-state index in [0.29, 0.717) is 35.9 Å². The summed E-state index contributed by atoms with van der Waals surface area (Å²) in [5.74, 6) is 1.90. The zero-order valence-corrected chi connectivity index (χ0v) is 13.1. The second kappa shape index (κ2) is 5.67. The van der Waals surface area contributed by atoms with Crippen molar-refractivity contribution in [1.82, 2.24) is 4.90 Å². The Kier molecular flexibility index (Phi) is 4.07. The molecule has 2 aliphatic carbocycles. The maximum atomic E-state index is 13.0. The monoisotopic (exact) mass is 278 g/mol. The van der Waals surface area contributed by atoms with Gasteiger partial charge in [0.25, 0.3) is 0 Å². The molecular formula is C17H30N2O. The van der Waals surface area contributed by atoms with Crippen molar-refractivity contribution in [3.63, 3.8) is 0 Å². The third-order valence-electron chi connectivity index (χ3n) is 6.21. The van der Waals surface area contributed by atoms with E-state index >= 15 is 0 Å². The summed E-state index contributed by atoms with van der Waals surface area (Å²) < 4.78 is 0. The van der Waals surface area contributed by atoms with Crippen molar-refractivity contribution in [3.8, 4) is 0 Å². The summed E-state index contributed by atoms with van der Waals surface area (Å²) in [6.45, 7) is 4.45. The van der Waals surface area contributed by atoms with Crippen molar-refractivity contribution in [1.29, 1.82) is 0 Å². The third-order valence-corrected chi connectivity index (χ3v) is 6.21. The van der Waals surface area contributed by atoms with Gasteiger partial charge in [0.2, 0.25) is 5.91 Å². The summed E-state index contributed by atoms with van der Waals surface area (Å²) in [4.78, 5) is 15.2. The van der Waals surface area contributed by atoms with Crippen molar-refractivity contribution in [2.45, 2.75) is 83.3 Å². The van der Waals surface area contributed by atoms with Gasteiger partial charge in [-0.15, -0.1) is 0 Å². The van der Waals surface area contributed by atoms with Gasteiger partial charge in [-0.3, -0.25) is 4.79 Å². The van der Waals surface area contributed by atoms with E-state index in [9.17, 15) is 4.79 Å². The van der Waals surface area contributed by atoms with Crippen LogP contribution in [0.4, 0.5) is 0 Å². The largest absolute Gasteiger partial charge is 0.337 e. The van der Waals surface area contributed by atoms with Gasteiger partial charge in [0, 0.05) is 24.0 Å². The summed E-state index contributed by atoms with van der Waals surface area (Å²) in [7, 11) is 0. The Balaban J connectivity index is 1.71. The smallest absolute Gasteiger partial charge is 0.226 e. The van der Waals surface area contributed by atoms with Crippen LogP contribution in [0.25, 0.3) is 0 Å². The molecule has 4 unspecified atom stereocenters. The number of likely N-dealkylation sites (tertiary alicyclic amines) is 1. The molecule has 4 atom stereocenters. The fraction of sp³-hybridized carbons (Fsp3) is 0.941. The van der Waals surface area contributed by atoms with Crippen molar-refractivity contribution >= 4 is 5.91 Å². The minimum Gasteiger partial charge on any atom is -0.337 e. The Morgan fingerprint density at radius 1 is 0.950 bits per heavy atom. The molecule has 0 aromatic heterocycles. The average molecular weight is 278 g/mol. The minimum absolute atomic E-state index is 0.257. The first-order valence-corrected chi connectivity index (χ1v) is 8.65. The molecule has 1 aliphatic heterocycles. The van der Waals surface area contributed by atoms with Crippen LogP contribution in [0.3, 0.4) is 0 Å². The van der Waals surface area contributed by atoms with Crippen LogP contribution in [-0.2, 0) is 4.79 Å². The average Bonchev–Trinajstić information content (AvgIpc) is 2.37. The van der Waals surface area contributed by atoms with Gasteiger partial charge in [-0.1, -0.05) is 6.42 Å². The highest BCUT2D eigenvalue weighted by Gasteiger charge is 2.43. The van der Waals surface area contributed by atoms with Gasteiger partial charge in [-0.2, -0.15) is 0 Å². The molecule has 3 heteroatoms. The summed E-state index contributed by atoms with van der Waals surface area (Å²) in [6.07, 6.45) is 9.52. The van der Waals surface area contributed by atoms with E-state index in [4.69, 9.17) is 5.73 Å². The quantitative estimate of drug-likeness (QED) is 0.801. The predicted octanol–water partition coefficient (Wildman–Crippen LogP) is 2.93. The van der Waals surface area contributed by atoms with Crippen molar-refractivity contribution in [2.24, 2.45) is 23.5 Å². The van der Waals surface area contributed by atoms with Crippen LogP contribution in [0.2, 0.25) is 0 Å². The molecule has 3 aliphatic rings. The molecule has 1 heterocycles. The van der Waals surface area contributed by atoms with Crippen LogP contribution in [0.15, 0.2) is 0 Å². The number of carbonyl (C=O) groups is 1. The number of amides is 1. The highest BCUT2D eigenvalue weighted by atomic mass is 16.2. The summed E-state index contributed by atoms with van der Waals surface area (Å²) in [6, 6.07) is 1.23. The molecule has 3 nitrogen and oxygen atoms in total. The molecule has 2 N–H and O–H groups in total. The van der Waals surface area contributed by atoms with Crippen LogP contribution in [-0.4, -0.2) is 28.9 Å². The molecule has 1 amide bonds. The highest BCUT2D eigenvalue weighted by Crippen LogP contribution is 2.43. The fourth-order valence-electron chi connectivity index (χ4n) is 5.06. The zero-order valence-electron chi connectivity index (χ0n) is 13.1. The van der Waals surface area contributed by atoms with E-state index in [1.54, 1.807) is 0 Å². The first kappa shape index (κ1) is 14.4. The van der Waals surface area contributed by atoms with Crippen LogP contribution in [0, 0.1) is 17.8 Å². The third kappa shape index (κ3) is 2.49. The number of piperidine rings is 1. The van der Waals surface area contributed by atoms with E-state index in [0.717, 1.165) is 12.8 Å². The zero-order chi connectivity index (χ0) is 14.3. The van der Waals surface area contributed by atoms with Crippen LogP contribution in [0.5, 0.6) is 0 Å². The lowest BCUT2D eigenvalue weighted by atomic mass is 9.64. The van der Waals surface area contributed by atoms with Crippen molar-refractivity contribution < 1.29 is 4.79 Å². The maximum Gasteiger partial charge on any atom is 0.226 e. The number of fused-ring (bicyclic) bond motifs is 2. The summed E-state index contributed by atoms with van der Waals surface area (Å²) in [5.41, 5.74) is 6.35. The molecule has 3 rings (SSSR count). The maximum absolute atomic E-state index is 13.0. The second-order valence-corrected chi connectivity index (χ2v) is 7.57. The van der Waals surface area contributed by atoms with E-state index in [1.807, 2.05) is 0 Å². The molecule has 20 heavy (non-hydrogen) atoms. The second-order valence-electron chi connectivity index (χ2n) is 7.57. The standard InChI is InChI=1S/C17H30N2O/c1-11-5-3-6-12(2)19(11)17(20)15-9-13-7-4-8-14(10-15)16(13)18/h11-16H,3-10,18H2,1-2H3. The number of nitrogens with zero attached hydrogens (tertiary/aromatic N) is 1. The Hall–Kier alpha value is -0.570. The van der Waals surface area contributed by atoms with Crippen LogP contribution < -0.4 is 5.73 Å². The molecule has 2 bridgehead atoms. The number of hydrogen-bond acceptors (Lipinski definition) is 2. The van der Waals surface area contributed by atoms with Gasteiger partial charge >= 0.3 is 0 Å². The molecule has 3 fully saturated rings. The predicted molar refractivity (Wildman–Crippen MR) is 81.2 cm³/mol. The molecule has 0 aromatic carbocycles. The van der Waals surface area contributed by atoms with Gasteiger partial charge in [0.1, 0.15) is 0 Å². The molecular weight excluding hydrogens is 248 g/mol. The van der Waals surface area contributed by atoms with Gasteiger partial charge in [-0.25, -0.2) is 0 Å². The molecule has 0 aromatic rings. The van der Waals surface area contributed by atoms with Crippen LogP contribution in [0.1, 0.15) is 65.2 Å². The van der Waals surface area contributed by atoms with E-state index in [1.165, 1.54) is 38.5 Å². The Morgan fingerprint density at radius 3 is 2.00 bits per heavy atom. The molecule has 0 spiro atoms. The molecule has 1 saturated heterocycles. The first-order chi connectivity index (χ1) is 9.58. The molecule has 2 saturated carbocycles. The van der Waals surface area contributed by atoms with E-state index in [2.05, 4.69) is 18.7 Å². The SMILES string of the molecule is CC1CCCC(C)N1C(=O)C1CC2CCCC(C1)C2N. The number of hydrogen-bond donors (Lipinski definition) is 1. The Bertz CT molecular complexity index is 346. The number of rotatable bonds is 1. The lowest BCUT2D eigenvalue weighted by molar-refractivity contribution is -0.144. The Labute approximate surface area is 123 Å². The van der Waals surface area contributed by atoms with E-state index in [-0.39, 0.29) is 5.92 Å². The van der Waals surface area contributed by atoms with Crippen LogP contribution >= 0.6 is 0 Å². The highest BCUT2D eigenvalue weighted by molar-refractivity contribution is 5.79. The van der Waals surface area contributed by atoms with Gasteiger partial charge in [0.15, 0.2) is 0 Å². The fourth-order valence-corrected chi connectivity index (χ4v) is 5.06. The van der Waals surface area contributed by atoms with Gasteiger partial charge in [-0.05, 0) is 70.6 Å². The normalized spacial score (nSPS) is 45.2. The molecule has 0 radical (unpaired) electrons. The van der Waals surface area contributed by atoms with Gasteiger partial charge in [0.05, 0.1) is 0 Å². The number of nitrogens with two attached hydrogens (primary N) is 1. The van der Waals surface area contributed by atoms with Crippen molar-refractivity contribution in [2.75, 3.05) is 0 Å². The topological polar surface area (TPSA) is 46.3 Å². The lowest BCUT2D eigenvalue weighted by Gasteiger charge is -2.47. The minimum atomic E-state index is 0.257. The number of carbonyl (C=O) groups excluding carboxylic acids is 1. The Morgan fingerprint density at radius 2 is 1.45 bits per heavy atom. The summed E-state index contributed by atoms with van der Waals surface area (Å²) in [5, 5.41) is 0. The summed E-state index contributed by atoms with van der Waals surface area (Å²) >= 11 is 0. The van der Waals surface area contributed by atoms with Gasteiger partial charge < -0.3 is 10.6 Å². The molecule has 114 valence electrons.